The van der Waals surface area contributed by atoms with Crippen molar-refractivity contribution in [3.63, 3.8) is 0 Å². The van der Waals surface area contributed by atoms with Crippen molar-refractivity contribution >= 4 is 28.4 Å². The SMILES string of the molecule is CC1CC(=O)NC(=O)N1c1cccc2ccccc12. The number of fused-ring (bicyclic) bond motifs is 1. The Kier molecular flexibility index (Phi) is 2.71. The highest BCUT2D eigenvalue weighted by Gasteiger charge is 2.31. The van der Waals surface area contributed by atoms with Gasteiger partial charge in [0.25, 0.3) is 0 Å². The molecule has 3 amide bonds. The maximum Gasteiger partial charge on any atom is 0.328 e. The highest BCUT2D eigenvalue weighted by atomic mass is 16.2. The lowest BCUT2D eigenvalue weighted by atomic mass is 10.0. The number of rotatable bonds is 1. The second-order valence-electron chi connectivity index (χ2n) is 4.77. The van der Waals surface area contributed by atoms with Crippen LogP contribution in [0.5, 0.6) is 0 Å². The zero-order valence-corrected chi connectivity index (χ0v) is 10.6. The maximum atomic E-state index is 12.1. The molecular formula is C15H14N2O2. The van der Waals surface area contributed by atoms with Gasteiger partial charge < -0.3 is 0 Å². The Morgan fingerprint density at radius 1 is 1.11 bits per heavy atom. The van der Waals surface area contributed by atoms with Gasteiger partial charge in [-0.3, -0.25) is 15.0 Å². The lowest BCUT2D eigenvalue weighted by Crippen LogP contribution is -2.54. The standard InChI is InChI=1S/C15H14N2O2/c1-10-9-14(18)16-15(19)17(10)13-8-4-6-11-5-2-3-7-12(11)13/h2-8,10H,9H2,1H3,(H,16,18,19). The predicted octanol–water partition coefficient (Wildman–Crippen LogP) is 2.67. The number of hydrogen-bond donors (Lipinski definition) is 1. The van der Waals surface area contributed by atoms with E-state index in [1.165, 1.54) is 0 Å². The average molecular weight is 254 g/mol. The molecule has 2 aromatic rings. The Bertz CT molecular complexity index is 661. The fourth-order valence-electron chi connectivity index (χ4n) is 2.56. The van der Waals surface area contributed by atoms with Gasteiger partial charge >= 0.3 is 6.03 Å². The van der Waals surface area contributed by atoms with Gasteiger partial charge in [0.05, 0.1) is 5.69 Å². The molecule has 0 bridgehead atoms. The van der Waals surface area contributed by atoms with Crippen LogP contribution < -0.4 is 10.2 Å². The maximum absolute atomic E-state index is 12.1. The van der Waals surface area contributed by atoms with Crippen LogP contribution in [0, 0.1) is 0 Å². The summed E-state index contributed by atoms with van der Waals surface area (Å²) in [4.78, 5) is 25.1. The van der Waals surface area contributed by atoms with Crippen LogP contribution in [-0.2, 0) is 4.79 Å². The molecule has 2 aromatic carbocycles. The number of urea groups is 1. The van der Waals surface area contributed by atoms with Crippen LogP contribution in [-0.4, -0.2) is 18.0 Å². The van der Waals surface area contributed by atoms with E-state index in [-0.39, 0.29) is 18.0 Å². The van der Waals surface area contributed by atoms with Gasteiger partial charge in [0.15, 0.2) is 0 Å². The van der Waals surface area contributed by atoms with E-state index in [2.05, 4.69) is 5.32 Å². The van der Waals surface area contributed by atoms with Gasteiger partial charge in [-0.05, 0) is 18.4 Å². The van der Waals surface area contributed by atoms with Crippen molar-refractivity contribution in [3.8, 4) is 0 Å². The van der Waals surface area contributed by atoms with E-state index in [0.717, 1.165) is 16.5 Å². The van der Waals surface area contributed by atoms with Crippen LogP contribution in [0.4, 0.5) is 10.5 Å². The Balaban J connectivity index is 2.13. The van der Waals surface area contributed by atoms with Crippen LogP contribution in [0.15, 0.2) is 42.5 Å². The molecule has 19 heavy (non-hydrogen) atoms. The second-order valence-corrected chi connectivity index (χ2v) is 4.77. The molecule has 1 atom stereocenters. The number of carbonyl (C=O) groups excluding carboxylic acids is 2. The highest BCUT2D eigenvalue weighted by molar-refractivity contribution is 6.10. The topological polar surface area (TPSA) is 49.4 Å². The van der Waals surface area contributed by atoms with Gasteiger partial charge in [0.1, 0.15) is 0 Å². The fourth-order valence-corrected chi connectivity index (χ4v) is 2.56. The minimum Gasteiger partial charge on any atom is -0.290 e. The summed E-state index contributed by atoms with van der Waals surface area (Å²) >= 11 is 0. The molecule has 0 aliphatic carbocycles. The minimum absolute atomic E-state index is 0.132. The summed E-state index contributed by atoms with van der Waals surface area (Å²) in [6.45, 7) is 1.89. The molecule has 1 aliphatic rings. The molecule has 1 heterocycles. The first-order valence-corrected chi connectivity index (χ1v) is 6.27. The largest absolute Gasteiger partial charge is 0.328 e. The quantitative estimate of drug-likeness (QED) is 0.850. The van der Waals surface area contributed by atoms with E-state index in [9.17, 15) is 9.59 Å². The van der Waals surface area contributed by atoms with Crippen molar-refractivity contribution in [2.24, 2.45) is 0 Å². The second kappa shape index (κ2) is 4.39. The lowest BCUT2D eigenvalue weighted by Gasteiger charge is -2.33. The van der Waals surface area contributed by atoms with Crippen molar-refractivity contribution in [3.05, 3.63) is 42.5 Å². The Labute approximate surface area is 111 Å². The van der Waals surface area contributed by atoms with Crippen molar-refractivity contribution in [2.75, 3.05) is 4.90 Å². The number of hydrogen-bond acceptors (Lipinski definition) is 2. The molecule has 1 unspecified atom stereocenters. The minimum atomic E-state index is -0.347. The van der Waals surface area contributed by atoms with Gasteiger partial charge in [-0.1, -0.05) is 36.4 Å². The lowest BCUT2D eigenvalue weighted by molar-refractivity contribution is -0.120. The number of nitrogens with one attached hydrogen (secondary N) is 1. The first kappa shape index (κ1) is 11.7. The summed E-state index contributed by atoms with van der Waals surface area (Å²) in [5.41, 5.74) is 0.843. The Morgan fingerprint density at radius 3 is 2.63 bits per heavy atom. The van der Waals surface area contributed by atoms with Crippen molar-refractivity contribution < 1.29 is 9.59 Å². The predicted molar refractivity (Wildman–Crippen MR) is 74.0 cm³/mol. The molecule has 0 radical (unpaired) electrons. The van der Waals surface area contributed by atoms with Crippen LogP contribution in [0.3, 0.4) is 0 Å². The zero-order chi connectivity index (χ0) is 13.4. The molecule has 1 N–H and O–H groups in total. The van der Waals surface area contributed by atoms with Gasteiger partial charge in [-0.2, -0.15) is 0 Å². The molecule has 1 fully saturated rings. The molecule has 4 nitrogen and oxygen atoms in total. The van der Waals surface area contributed by atoms with Crippen molar-refractivity contribution in [1.29, 1.82) is 0 Å². The number of benzene rings is 2. The van der Waals surface area contributed by atoms with Gasteiger partial charge in [-0.15, -0.1) is 0 Å². The van der Waals surface area contributed by atoms with Gasteiger partial charge in [0.2, 0.25) is 5.91 Å². The van der Waals surface area contributed by atoms with E-state index < -0.39 is 0 Å². The zero-order valence-electron chi connectivity index (χ0n) is 10.6. The summed E-state index contributed by atoms with van der Waals surface area (Å²) in [5, 5.41) is 4.47. The molecule has 1 aliphatic heterocycles. The number of amides is 3. The number of nitrogens with zero attached hydrogens (tertiary/aromatic N) is 1. The normalized spacial score (nSPS) is 19.6. The molecule has 0 spiro atoms. The molecular weight excluding hydrogens is 240 g/mol. The van der Waals surface area contributed by atoms with Gasteiger partial charge in [-0.25, -0.2) is 4.79 Å². The average Bonchev–Trinajstić information content (AvgIpc) is 2.38. The third kappa shape index (κ3) is 1.95. The van der Waals surface area contributed by atoms with Crippen LogP contribution in [0.2, 0.25) is 0 Å². The first-order chi connectivity index (χ1) is 9.16. The van der Waals surface area contributed by atoms with E-state index >= 15 is 0 Å². The monoisotopic (exact) mass is 254 g/mol. The molecule has 0 aromatic heterocycles. The summed E-state index contributed by atoms with van der Waals surface area (Å²) in [6.07, 6.45) is 0.328. The van der Waals surface area contributed by atoms with E-state index in [1.807, 2.05) is 49.4 Å². The van der Waals surface area contributed by atoms with Crippen LogP contribution in [0.25, 0.3) is 10.8 Å². The molecule has 3 rings (SSSR count). The third-order valence-electron chi connectivity index (χ3n) is 3.41. The molecule has 1 saturated heterocycles. The first-order valence-electron chi connectivity index (χ1n) is 6.27. The number of carbonyl (C=O) groups is 2. The van der Waals surface area contributed by atoms with Gasteiger partial charge in [0, 0.05) is 17.8 Å². The number of imide groups is 1. The fraction of sp³-hybridized carbons (Fsp3) is 0.200. The van der Waals surface area contributed by atoms with Crippen LogP contribution >= 0.6 is 0 Å². The van der Waals surface area contributed by atoms with E-state index in [1.54, 1.807) is 4.90 Å². The number of anilines is 1. The summed E-state index contributed by atoms with van der Waals surface area (Å²) in [7, 11) is 0. The van der Waals surface area contributed by atoms with Crippen LogP contribution in [0.1, 0.15) is 13.3 Å². The summed E-state index contributed by atoms with van der Waals surface area (Å²) in [6, 6.07) is 13.3. The van der Waals surface area contributed by atoms with E-state index in [4.69, 9.17) is 0 Å². The Hall–Kier alpha value is -2.36. The summed E-state index contributed by atoms with van der Waals surface area (Å²) < 4.78 is 0. The van der Waals surface area contributed by atoms with E-state index in [0.29, 0.717) is 6.42 Å². The Morgan fingerprint density at radius 2 is 1.84 bits per heavy atom. The molecule has 0 saturated carbocycles. The third-order valence-corrected chi connectivity index (χ3v) is 3.41. The smallest absolute Gasteiger partial charge is 0.290 e. The highest BCUT2D eigenvalue weighted by Crippen LogP contribution is 2.29. The molecule has 96 valence electrons. The van der Waals surface area contributed by atoms with Crippen molar-refractivity contribution in [2.45, 2.75) is 19.4 Å². The molecule has 4 heteroatoms. The summed E-state index contributed by atoms with van der Waals surface area (Å²) in [5.74, 6) is -0.214. The van der Waals surface area contributed by atoms with Crippen molar-refractivity contribution in [1.82, 2.24) is 5.32 Å².